The van der Waals surface area contributed by atoms with Gasteiger partial charge >= 0.3 is 5.97 Å². The zero-order chi connectivity index (χ0) is 20.8. The number of imidazole rings is 1. The Morgan fingerprint density at radius 3 is 2.79 bits per heavy atom. The van der Waals surface area contributed by atoms with E-state index in [-0.39, 0.29) is 19.0 Å². The van der Waals surface area contributed by atoms with Gasteiger partial charge in [-0.1, -0.05) is 0 Å². The van der Waals surface area contributed by atoms with Crippen molar-refractivity contribution in [2.45, 2.75) is 51.1 Å². The Morgan fingerprint density at radius 2 is 2.03 bits per heavy atom. The molecule has 4 unspecified atom stereocenters. The minimum absolute atomic E-state index is 0.227. The van der Waals surface area contributed by atoms with Gasteiger partial charge in [-0.2, -0.15) is 0 Å². The Labute approximate surface area is 165 Å². The number of carbonyl (C=O) groups is 2. The highest BCUT2D eigenvalue weighted by molar-refractivity contribution is 5.86. The van der Waals surface area contributed by atoms with Gasteiger partial charge in [0.2, 0.25) is 0 Å². The molecule has 4 rings (SSSR count). The van der Waals surface area contributed by atoms with Gasteiger partial charge in [-0.25, -0.2) is 15.0 Å². The predicted molar refractivity (Wildman–Crippen MR) is 97.1 cm³/mol. The molecule has 2 aromatic heterocycles. The van der Waals surface area contributed by atoms with Gasteiger partial charge in [-0.05, 0) is 20.8 Å². The Kier molecular flexibility index (Phi) is 4.84. The quantitative estimate of drug-likeness (QED) is 0.622. The van der Waals surface area contributed by atoms with E-state index in [1.54, 1.807) is 25.3 Å². The monoisotopic (exact) mass is 406 g/mol. The van der Waals surface area contributed by atoms with Crippen LogP contribution in [0.1, 0.15) is 27.0 Å². The molecule has 2 aromatic rings. The molecule has 2 fully saturated rings. The first-order valence-electron chi connectivity index (χ1n) is 9.18. The van der Waals surface area contributed by atoms with Crippen molar-refractivity contribution in [3.63, 3.8) is 0 Å². The fraction of sp³-hybridized carbons (Fsp3) is 0.588. The van der Waals surface area contributed by atoms with Crippen LogP contribution in [0.15, 0.2) is 12.7 Å². The van der Waals surface area contributed by atoms with Crippen molar-refractivity contribution < 1.29 is 28.5 Å². The summed E-state index contributed by atoms with van der Waals surface area (Å²) >= 11 is 0. The number of aromatic nitrogens is 4. The molecule has 2 aliphatic heterocycles. The number of nitrogen functional groups attached to an aromatic ring is 1. The molecule has 1 amide bonds. The Hall–Kier alpha value is -2.83. The molecule has 0 saturated carbocycles. The fourth-order valence-electron chi connectivity index (χ4n) is 3.54. The lowest BCUT2D eigenvalue weighted by Crippen LogP contribution is -2.44. The van der Waals surface area contributed by atoms with Crippen molar-refractivity contribution in [1.29, 1.82) is 0 Å². The maximum atomic E-state index is 12.7. The van der Waals surface area contributed by atoms with Crippen LogP contribution in [0.2, 0.25) is 0 Å². The van der Waals surface area contributed by atoms with Crippen LogP contribution in [-0.4, -0.2) is 68.6 Å². The van der Waals surface area contributed by atoms with Crippen LogP contribution in [0.25, 0.3) is 11.2 Å². The Bertz CT molecular complexity index is 946. The number of anilines is 1. The highest BCUT2D eigenvalue weighted by Crippen LogP contribution is 2.43. The summed E-state index contributed by atoms with van der Waals surface area (Å²) in [5.41, 5.74) is 6.72. The molecule has 0 radical (unpaired) electrons. The summed E-state index contributed by atoms with van der Waals surface area (Å²) in [5.74, 6) is -1.73. The summed E-state index contributed by atoms with van der Waals surface area (Å²) in [6.07, 6.45) is -0.199. The third kappa shape index (κ3) is 3.50. The van der Waals surface area contributed by atoms with Gasteiger partial charge in [0.25, 0.3) is 5.91 Å². The molecule has 29 heavy (non-hydrogen) atoms. The summed E-state index contributed by atoms with van der Waals surface area (Å²) in [5, 5.41) is 2.52. The highest BCUT2D eigenvalue weighted by Gasteiger charge is 2.58. The molecule has 0 aliphatic carbocycles. The van der Waals surface area contributed by atoms with Crippen LogP contribution >= 0.6 is 0 Å². The predicted octanol–water partition coefficient (Wildman–Crippen LogP) is -0.495. The van der Waals surface area contributed by atoms with Gasteiger partial charge in [0.05, 0.1) is 12.9 Å². The van der Waals surface area contributed by atoms with E-state index in [9.17, 15) is 9.59 Å². The number of ether oxygens (including phenoxy) is 4. The minimum atomic E-state index is -1.00. The summed E-state index contributed by atoms with van der Waals surface area (Å²) in [6, 6.07) is 0. The number of amides is 1. The van der Waals surface area contributed by atoms with Crippen LogP contribution in [0.4, 0.5) is 5.82 Å². The van der Waals surface area contributed by atoms with Crippen LogP contribution in [0.3, 0.4) is 0 Å². The van der Waals surface area contributed by atoms with E-state index in [1.165, 1.54) is 12.7 Å². The summed E-state index contributed by atoms with van der Waals surface area (Å²) < 4.78 is 24.3. The van der Waals surface area contributed by atoms with Crippen molar-refractivity contribution in [2.24, 2.45) is 0 Å². The number of fused-ring (bicyclic) bond motifs is 2. The van der Waals surface area contributed by atoms with Crippen molar-refractivity contribution in [3.05, 3.63) is 12.7 Å². The minimum Gasteiger partial charge on any atom is -0.465 e. The number of hydrogen-bond acceptors (Lipinski definition) is 10. The molecule has 4 atom stereocenters. The molecular formula is C17H22N6O6. The first-order valence-corrected chi connectivity index (χ1v) is 9.18. The zero-order valence-electron chi connectivity index (χ0n) is 16.2. The van der Waals surface area contributed by atoms with E-state index in [4.69, 9.17) is 24.7 Å². The second-order valence-corrected chi connectivity index (χ2v) is 7.12. The molecule has 156 valence electrons. The number of carbonyl (C=O) groups excluding carboxylic acids is 2. The first-order chi connectivity index (χ1) is 13.8. The maximum absolute atomic E-state index is 12.7. The molecule has 12 heteroatoms. The second kappa shape index (κ2) is 7.21. The Balaban J connectivity index is 1.60. The number of esters is 1. The van der Waals surface area contributed by atoms with E-state index in [1.807, 2.05) is 0 Å². The molecule has 0 aromatic carbocycles. The first kappa shape index (κ1) is 19.5. The Morgan fingerprint density at radius 1 is 1.28 bits per heavy atom. The maximum Gasteiger partial charge on any atom is 0.325 e. The SMILES string of the molecule is CCOC(=O)CNC(=O)C1OC(n2cnc3c(N)ncnc32)C2OC(C)(C)OC12. The number of rotatable bonds is 5. The average molecular weight is 406 g/mol. The van der Waals surface area contributed by atoms with E-state index in [0.29, 0.717) is 11.2 Å². The molecule has 0 bridgehead atoms. The number of nitrogens with one attached hydrogen (secondary N) is 1. The van der Waals surface area contributed by atoms with Crippen LogP contribution < -0.4 is 11.1 Å². The molecule has 2 aliphatic rings. The molecular weight excluding hydrogens is 384 g/mol. The molecule has 3 N–H and O–H groups in total. The summed E-state index contributed by atoms with van der Waals surface area (Å²) in [6.45, 7) is 5.15. The number of nitrogens with two attached hydrogens (primary N) is 1. The highest BCUT2D eigenvalue weighted by atomic mass is 16.8. The van der Waals surface area contributed by atoms with Gasteiger partial charge in [-0.3, -0.25) is 14.2 Å². The molecule has 0 spiro atoms. The third-order valence-electron chi connectivity index (χ3n) is 4.66. The van der Waals surface area contributed by atoms with Crippen molar-refractivity contribution in [1.82, 2.24) is 24.8 Å². The standard InChI is InChI=1S/C17H22N6O6/c1-4-26-8(24)5-19-15(25)11-10-12(29-17(2,3)28-10)16(27-11)23-7-22-9-13(18)20-6-21-14(9)23/h6-7,10-12,16H,4-5H2,1-3H3,(H,19,25)(H2,18,20,21). The van der Waals surface area contributed by atoms with E-state index >= 15 is 0 Å². The van der Waals surface area contributed by atoms with Gasteiger partial charge in [0.15, 0.2) is 29.6 Å². The normalized spacial score (nSPS) is 27.7. The largest absolute Gasteiger partial charge is 0.465 e. The fourth-order valence-corrected chi connectivity index (χ4v) is 3.54. The molecule has 2 saturated heterocycles. The van der Waals surface area contributed by atoms with Crippen molar-refractivity contribution in [3.8, 4) is 0 Å². The second-order valence-electron chi connectivity index (χ2n) is 7.12. The third-order valence-corrected chi connectivity index (χ3v) is 4.66. The topological polar surface area (TPSA) is 153 Å². The zero-order valence-corrected chi connectivity index (χ0v) is 16.2. The van der Waals surface area contributed by atoms with Gasteiger partial charge in [0.1, 0.15) is 30.6 Å². The average Bonchev–Trinajstić information content (AvgIpc) is 3.31. The lowest BCUT2D eigenvalue weighted by Gasteiger charge is -2.24. The van der Waals surface area contributed by atoms with E-state index in [2.05, 4.69) is 20.3 Å². The lowest BCUT2D eigenvalue weighted by atomic mass is 10.1. The molecule has 4 heterocycles. The van der Waals surface area contributed by atoms with Gasteiger partial charge in [-0.15, -0.1) is 0 Å². The lowest BCUT2D eigenvalue weighted by molar-refractivity contribution is -0.197. The van der Waals surface area contributed by atoms with Crippen LogP contribution in [-0.2, 0) is 28.5 Å². The van der Waals surface area contributed by atoms with Crippen LogP contribution in [0.5, 0.6) is 0 Å². The van der Waals surface area contributed by atoms with Gasteiger partial charge < -0.3 is 30.0 Å². The van der Waals surface area contributed by atoms with Crippen LogP contribution in [0, 0.1) is 0 Å². The number of hydrogen-bond donors (Lipinski definition) is 2. The van der Waals surface area contributed by atoms with Gasteiger partial charge in [0, 0.05) is 0 Å². The summed E-state index contributed by atoms with van der Waals surface area (Å²) in [7, 11) is 0. The van der Waals surface area contributed by atoms with E-state index < -0.39 is 42.2 Å². The number of nitrogens with zero attached hydrogens (tertiary/aromatic N) is 4. The smallest absolute Gasteiger partial charge is 0.325 e. The van der Waals surface area contributed by atoms with Crippen molar-refractivity contribution in [2.75, 3.05) is 18.9 Å². The summed E-state index contributed by atoms with van der Waals surface area (Å²) in [4.78, 5) is 36.6. The van der Waals surface area contributed by atoms with Crippen molar-refractivity contribution >= 4 is 28.9 Å². The molecule has 12 nitrogen and oxygen atoms in total. The van der Waals surface area contributed by atoms with E-state index in [0.717, 1.165) is 0 Å².